The zero-order valence-electron chi connectivity index (χ0n) is 8.64. The van der Waals surface area contributed by atoms with Gasteiger partial charge in [-0.25, -0.2) is 8.42 Å². The molecule has 5 heteroatoms. The number of ether oxygens (including phenoxy) is 1. The maximum atomic E-state index is 10.9. The van der Waals surface area contributed by atoms with E-state index in [0.29, 0.717) is 0 Å². The van der Waals surface area contributed by atoms with Crippen LogP contribution in [0.2, 0.25) is 0 Å². The number of aliphatic hydroxyl groups is 1. The molecule has 0 aromatic carbocycles. The van der Waals surface area contributed by atoms with Crippen molar-refractivity contribution in [1.82, 2.24) is 0 Å². The first-order valence-electron chi connectivity index (χ1n) is 4.90. The van der Waals surface area contributed by atoms with Gasteiger partial charge in [-0.05, 0) is 26.2 Å². The van der Waals surface area contributed by atoms with E-state index in [1.807, 2.05) is 6.92 Å². The smallest absolute Gasteiger partial charge is 0.147 e. The average Bonchev–Trinajstić information content (AvgIpc) is 2.46. The first-order valence-corrected chi connectivity index (χ1v) is 6.96. The largest absolute Gasteiger partial charge is 0.390 e. The molecule has 0 bridgehead atoms. The third-order valence-corrected chi connectivity index (χ3v) is 3.46. The number of rotatable bonds is 4. The van der Waals surface area contributed by atoms with Gasteiger partial charge in [0.25, 0.3) is 0 Å². The molecule has 0 radical (unpaired) electrons. The molecule has 14 heavy (non-hydrogen) atoms. The predicted molar refractivity (Wildman–Crippen MR) is 53.9 cm³/mol. The van der Waals surface area contributed by atoms with Crippen LogP contribution < -0.4 is 0 Å². The maximum Gasteiger partial charge on any atom is 0.147 e. The highest BCUT2D eigenvalue weighted by Crippen LogP contribution is 2.23. The molecule has 4 nitrogen and oxygen atoms in total. The van der Waals surface area contributed by atoms with Crippen molar-refractivity contribution in [2.45, 2.75) is 44.5 Å². The highest BCUT2D eigenvalue weighted by Gasteiger charge is 2.28. The van der Waals surface area contributed by atoms with Crippen molar-refractivity contribution >= 4 is 9.84 Å². The molecule has 3 unspecified atom stereocenters. The molecule has 84 valence electrons. The Morgan fingerprint density at radius 1 is 1.50 bits per heavy atom. The van der Waals surface area contributed by atoms with Crippen molar-refractivity contribution in [2.24, 2.45) is 0 Å². The van der Waals surface area contributed by atoms with Crippen molar-refractivity contribution in [2.75, 3.05) is 12.0 Å². The lowest BCUT2D eigenvalue weighted by Crippen LogP contribution is -2.28. The molecule has 3 atom stereocenters. The molecule has 1 N–H and O–H groups in total. The molecule has 0 saturated carbocycles. The van der Waals surface area contributed by atoms with Crippen LogP contribution in [0.5, 0.6) is 0 Å². The summed E-state index contributed by atoms with van der Waals surface area (Å²) in [5.41, 5.74) is 0. The van der Waals surface area contributed by atoms with Crippen molar-refractivity contribution in [3.05, 3.63) is 0 Å². The fourth-order valence-corrected chi connectivity index (χ4v) is 2.31. The lowest BCUT2D eigenvalue weighted by molar-refractivity contribution is -0.0291. The number of hydrogen-bond donors (Lipinski definition) is 1. The van der Waals surface area contributed by atoms with Crippen LogP contribution in [0.25, 0.3) is 0 Å². The molecule has 1 saturated heterocycles. The summed E-state index contributed by atoms with van der Waals surface area (Å²) >= 11 is 0. The Hall–Kier alpha value is -0.130. The van der Waals surface area contributed by atoms with Gasteiger partial charge in [-0.1, -0.05) is 0 Å². The van der Waals surface area contributed by atoms with E-state index in [0.717, 1.165) is 12.8 Å². The van der Waals surface area contributed by atoms with Crippen LogP contribution in [0, 0.1) is 0 Å². The molecule has 1 heterocycles. The van der Waals surface area contributed by atoms with E-state index >= 15 is 0 Å². The zero-order valence-corrected chi connectivity index (χ0v) is 9.46. The average molecular weight is 222 g/mol. The van der Waals surface area contributed by atoms with Gasteiger partial charge in [0.2, 0.25) is 0 Å². The summed E-state index contributed by atoms with van der Waals surface area (Å²) in [6, 6.07) is 0. The molecule has 0 aliphatic carbocycles. The van der Waals surface area contributed by atoms with E-state index < -0.39 is 15.9 Å². The summed E-state index contributed by atoms with van der Waals surface area (Å²) in [7, 11) is -2.98. The minimum absolute atomic E-state index is 0.0302. The van der Waals surface area contributed by atoms with Gasteiger partial charge in [0.1, 0.15) is 9.84 Å². The SMILES string of the molecule is CC1CCC(C(O)CCS(C)(=O)=O)O1. The van der Waals surface area contributed by atoms with Gasteiger partial charge in [0.15, 0.2) is 0 Å². The summed E-state index contributed by atoms with van der Waals surface area (Å²) < 4.78 is 27.2. The summed E-state index contributed by atoms with van der Waals surface area (Å²) in [6.07, 6.45) is 2.59. The molecule has 0 spiro atoms. The van der Waals surface area contributed by atoms with Crippen LogP contribution in [0.4, 0.5) is 0 Å². The van der Waals surface area contributed by atoms with Crippen LogP contribution in [-0.2, 0) is 14.6 Å². The molecule has 1 fully saturated rings. The first-order chi connectivity index (χ1) is 6.38. The summed E-state index contributed by atoms with van der Waals surface area (Å²) in [5, 5.41) is 9.64. The Morgan fingerprint density at radius 3 is 2.57 bits per heavy atom. The lowest BCUT2D eigenvalue weighted by atomic mass is 10.1. The monoisotopic (exact) mass is 222 g/mol. The minimum Gasteiger partial charge on any atom is -0.390 e. The van der Waals surface area contributed by atoms with Crippen molar-refractivity contribution in [3.8, 4) is 0 Å². The number of aliphatic hydroxyl groups excluding tert-OH is 1. The number of hydrogen-bond acceptors (Lipinski definition) is 4. The van der Waals surface area contributed by atoms with Gasteiger partial charge in [0, 0.05) is 6.26 Å². The van der Waals surface area contributed by atoms with Crippen LogP contribution in [-0.4, -0.2) is 43.8 Å². The molecular formula is C9H18O4S. The van der Waals surface area contributed by atoms with Crippen molar-refractivity contribution < 1.29 is 18.3 Å². The van der Waals surface area contributed by atoms with Gasteiger partial charge in [-0.2, -0.15) is 0 Å². The predicted octanol–water partition coefficient (Wildman–Crippen LogP) is 0.350. The van der Waals surface area contributed by atoms with Crippen molar-refractivity contribution in [3.63, 3.8) is 0 Å². The maximum absolute atomic E-state index is 10.9. The van der Waals surface area contributed by atoms with Crippen LogP contribution in [0.1, 0.15) is 26.2 Å². The third-order valence-electron chi connectivity index (χ3n) is 2.48. The summed E-state index contributed by atoms with van der Waals surface area (Å²) in [4.78, 5) is 0. The molecular weight excluding hydrogens is 204 g/mol. The first kappa shape index (κ1) is 11.9. The minimum atomic E-state index is -2.98. The second kappa shape index (κ2) is 4.59. The van der Waals surface area contributed by atoms with E-state index in [4.69, 9.17) is 4.74 Å². The van der Waals surface area contributed by atoms with E-state index in [1.165, 1.54) is 6.26 Å². The Balaban J connectivity index is 2.32. The number of sulfone groups is 1. The van der Waals surface area contributed by atoms with Gasteiger partial charge in [-0.3, -0.25) is 0 Å². The summed E-state index contributed by atoms with van der Waals surface area (Å²) in [6.45, 7) is 1.96. The van der Waals surface area contributed by atoms with E-state index in [-0.39, 0.29) is 24.4 Å². The van der Waals surface area contributed by atoms with Gasteiger partial charge < -0.3 is 9.84 Å². The van der Waals surface area contributed by atoms with E-state index in [1.54, 1.807) is 0 Å². The van der Waals surface area contributed by atoms with Crippen molar-refractivity contribution in [1.29, 1.82) is 0 Å². The lowest BCUT2D eigenvalue weighted by Gasteiger charge is -2.17. The molecule has 0 aromatic rings. The second-order valence-electron chi connectivity index (χ2n) is 4.05. The normalized spacial score (nSPS) is 30.5. The second-order valence-corrected chi connectivity index (χ2v) is 6.31. The van der Waals surface area contributed by atoms with Crippen LogP contribution in [0.3, 0.4) is 0 Å². The van der Waals surface area contributed by atoms with Crippen LogP contribution in [0.15, 0.2) is 0 Å². The van der Waals surface area contributed by atoms with Gasteiger partial charge in [0.05, 0.1) is 24.1 Å². The Morgan fingerprint density at radius 2 is 2.14 bits per heavy atom. The molecule has 1 aliphatic heterocycles. The molecule has 1 aliphatic rings. The van der Waals surface area contributed by atoms with Gasteiger partial charge >= 0.3 is 0 Å². The zero-order chi connectivity index (χ0) is 10.8. The standard InChI is InChI=1S/C9H18O4S/c1-7-3-4-9(13-7)8(10)5-6-14(2,11)12/h7-10H,3-6H2,1-2H3. The highest BCUT2D eigenvalue weighted by molar-refractivity contribution is 7.90. The Kier molecular flexibility index (Phi) is 3.92. The Labute approximate surface area is 85.2 Å². The Bertz CT molecular complexity index is 273. The molecule has 1 rings (SSSR count). The van der Waals surface area contributed by atoms with Crippen LogP contribution >= 0.6 is 0 Å². The topological polar surface area (TPSA) is 63.6 Å². The van der Waals surface area contributed by atoms with E-state index in [2.05, 4.69) is 0 Å². The molecule has 0 amide bonds. The van der Waals surface area contributed by atoms with Gasteiger partial charge in [-0.15, -0.1) is 0 Å². The highest BCUT2D eigenvalue weighted by atomic mass is 32.2. The summed E-state index contributed by atoms with van der Waals surface area (Å²) in [5.74, 6) is 0.0302. The molecule has 0 aromatic heterocycles. The van der Waals surface area contributed by atoms with E-state index in [9.17, 15) is 13.5 Å². The fraction of sp³-hybridized carbons (Fsp3) is 1.00. The fourth-order valence-electron chi connectivity index (χ4n) is 1.64. The third kappa shape index (κ3) is 3.94. The quantitative estimate of drug-likeness (QED) is 0.745.